The number of aryl methyl sites for hydroxylation is 2. The minimum Gasteiger partial charge on any atom is -0.351 e. The number of hydrogen-bond acceptors (Lipinski definition) is 8. The molecule has 3 aromatic heterocycles. The molecule has 1 saturated heterocycles. The molecular weight excluding hydrogens is 442 g/mol. The summed E-state index contributed by atoms with van der Waals surface area (Å²) in [6.45, 7) is 2.70. The fourth-order valence-electron chi connectivity index (χ4n) is 3.59. The van der Waals surface area contributed by atoms with E-state index in [-0.39, 0.29) is 17.6 Å². The van der Waals surface area contributed by atoms with Gasteiger partial charge in [0, 0.05) is 49.5 Å². The van der Waals surface area contributed by atoms with Gasteiger partial charge < -0.3 is 10.6 Å². The normalized spacial score (nSPS) is 16.1. The van der Waals surface area contributed by atoms with Crippen molar-refractivity contribution in [3.05, 3.63) is 29.7 Å². The Morgan fingerprint density at radius 2 is 1.91 bits per heavy atom. The van der Waals surface area contributed by atoms with Crippen LogP contribution in [-0.4, -0.2) is 62.8 Å². The van der Waals surface area contributed by atoms with Crippen molar-refractivity contribution < 1.29 is 17.2 Å². The summed E-state index contributed by atoms with van der Waals surface area (Å²) in [4.78, 5) is 12.8. The fourth-order valence-corrected chi connectivity index (χ4v) is 4.46. The molecule has 0 spiro atoms. The first-order chi connectivity index (χ1) is 15.1. The molecule has 0 atom stereocenters. The monoisotopic (exact) mass is 466 g/mol. The zero-order chi connectivity index (χ0) is 23.0. The number of piperidine rings is 1. The number of anilines is 3. The highest BCUT2D eigenvalue weighted by Crippen LogP contribution is 2.29. The van der Waals surface area contributed by atoms with Gasteiger partial charge in [-0.2, -0.15) is 5.10 Å². The van der Waals surface area contributed by atoms with Crippen LogP contribution in [0.5, 0.6) is 0 Å². The van der Waals surface area contributed by atoms with Crippen LogP contribution in [0.3, 0.4) is 0 Å². The Morgan fingerprint density at radius 3 is 2.50 bits per heavy atom. The van der Waals surface area contributed by atoms with Crippen molar-refractivity contribution in [3.63, 3.8) is 0 Å². The van der Waals surface area contributed by atoms with Crippen LogP contribution in [0, 0.1) is 6.92 Å². The van der Waals surface area contributed by atoms with E-state index in [4.69, 9.17) is 0 Å². The molecule has 0 bridgehead atoms. The Balaban J connectivity index is 1.61. The molecule has 0 radical (unpaired) electrons. The Bertz CT molecular complexity index is 1220. The summed E-state index contributed by atoms with van der Waals surface area (Å²) < 4.78 is 53.2. The average Bonchev–Trinajstić information content (AvgIpc) is 3.04. The lowest BCUT2D eigenvalue weighted by Gasteiger charge is -2.30. The third-order valence-electron chi connectivity index (χ3n) is 5.43. The summed E-state index contributed by atoms with van der Waals surface area (Å²) in [5.74, 6) is 0.946. The Hall–Kier alpha value is -2.93. The largest absolute Gasteiger partial charge is 0.351 e. The molecule has 172 valence electrons. The van der Waals surface area contributed by atoms with Gasteiger partial charge >= 0.3 is 0 Å². The maximum Gasteiger partial charge on any atom is 0.280 e. The van der Waals surface area contributed by atoms with Crippen molar-refractivity contribution in [3.8, 4) is 0 Å². The standard InChI is InChI=1S/C19H24F2N8O2S/c1-11-8-15(27-28(11)2)25-18-16-12(9-14(24-18)17(20)21)10-22-19(26-16)23-13-4-6-29(7-5-13)32(3,30)31/h8-10,13,17H,4-7H2,1-3H3,(H,22,23,26)(H,24,25,27). The molecule has 2 N–H and O–H groups in total. The highest BCUT2D eigenvalue weighted by molar-refractivity contribution is 7.88. The summed E-state index contributed by atoms with van der Waals surface area (Å²) in [5.41, 5.74) is 0.883. The molecule has 1 aliphatic rings. The molecule has 4 heterocycles. The van der Waals surface area contributed by atoms with Gasteiger partial charge in [0.05, 0.1) is 6.26 Å². The third-order valence-corrected chi connectivity index (χ3v) is 6.73. The minimum absolute atomic E-state index is 0.00593. The van der Waals surface area contributed by atoms with Gasteiger partial charge in [0.1, 0.15) is 11.2 Å². The molecule has 4 rings (SSSR count). The van der Waals surface area contributed by atoms with E-state index in [2.05, 4.69) is 30.7 Å². The van der Waals surface area contributed by atoms with Crippen LogP contribution >= 0.6 is 0 Å². The van der Waals surface area contributed by atoms with Gasteiger partial charge in [-0.05, 0) is 25.8 Å². The molecule has 3 aromatic rings. The van der Waals surface area contributed by atoms with E-state index < -0.39 is 16.4 Å². The Labute approximate surface area is 184 Å². The zero-order valence-electron chi connectivity index (χ0n) is 17.9. The highest BCUT2D eigenvalue weighted by atomic mass is 32.2. The number of halogens is 2. The van der Waals surface area contributed by atoms with Crippen LogP contribution in [0.25, 0.3) is 10.9 Å². The number of pyridine rings is 1. The smallest absolute Gasteiger partial charge is 0.280 e. The molecule has 0 aromatic carbocycles. The number of sulfonamides is 1. The van der Waals surface area contributed by atoms with E-state index in [1.165, 1.54) is 22.8 Å². The molecule has 0 unspecified atom stereocenters. The van der Waals surface area contributed by atoms with Crippen molar-refractivity contribution in [2.75, 3.05) is 30.0 Å². The molecule has 1 aliphatic heterocycles. The summed E-state index contributed by atoms with van der Waals surface area (Å²) in [6.07, 6.45) is 1.14. The number of nitrogens with one attached hydrogen (secondary N) is 2. The van der Waals surface area contributed by atoms with Gasteiger partial charge in [-0.25, -0.2) is 36.5 Å². The number of hydrogen-bond donors (Lipinski definition) is 2. The van der Waals surface area contributed by atoms with Crippen LogP contribution in [0.1, 0.15) is 30.7 Å². The van der Waals surface area contributed by atoms with Gasteiger partial charge in [-0.1, -0.05) is 0 Å². The van der Waals surface area contributed by atoms with Crippen molar-refractivity contribution >= 4 is 38.5 Å². The lowest BCUT2D eigenvalue weighted by atomic mass is 10.1. The first-order valence-electron chi connectivity index (χ1n) is 10.1. The second-order valence-electron chi connectivity index (χ2n) is 7.83. The van der Waals surface area contributed by atoms with E-state index >= 15 is 0 Å². The molecule has 0 aliphatic carbocycles. The molecule has 13 heteroatoms. The number of alkyl halides is 2. The fraction of sp³-hybridized carbons (Fsp3) is 0.474. The van der Waals surface area contributed by atoms with Crippen molar-refractivity contribution in [1.82, 2.24) is 29.0 Å². The first-order valence-corrected chi connectivity index (χ1v) is 11.9. The lowest BCUT2D eigenvalue weighted by molar-refractivity contribution is 0.146. The number of rotatable bonds is 6. The molecule has 10 nitrogen and oxygen atoms in total. The van der Waals surface area contributed by atoms with Crippen LogP contribution < -0.4 is 10.6 Å². The Kier molecular flexibility index (Phi) is 5.95. The van der Waals surface area contributed by atoms with E-state index in [1.807, 2.05) is 6.92 Å². The van der Waals surface area contributed by atoms with Crippen LogP contribution in [0.2, 0.25) is 0 Å². The van der Waals surface area contributed by atoms with E-state index in [1.54, 1.807) is 17.8 Å². The molecule has 1 fully saturated rings. The third kappa shape index (κ3) is 4.78. The quantitative estimate of drug-likeness (QED) is 0.569. The highest BCUT2D eigenvalue weighted by Gasteiger charge is 2.25. The summed E-state index contributed by atoms with van der Waals surface area (Å²) in [5, 5.41) is 10.9. The van der Waals surface area contributed by atoms with Crippen LogP contribution in [0.15, 0.2) is 18.3 Å². The van der Waals surface area contributed by atoms with Crippen LogP contribution in [0.4, 0.5) is 26.4 Å². The lowest BCUT2D eigenvalue weighted by Crippen LogP contribution is -2.42. The van der Waals surface area contributed by atoms with Gasteiger partial charge in [0.2, 0.25) is 16.0 Å². The van der Waals surface area contributed by atoms with Crippen LogP contribution in [-0.2, 0) is 17.1 Å². The number of aromatic nitrogens is 5. The van der Waals surface area contributed by atoms with E-state index in [9.17, 15) is 17.2 Å². The van der Waals surface area contributed by atoms with Gasteiger partial charge in [0.15, 0.2) is 11.6 Å². The topological polar surface area (TPSA) is 118 Å². The number of fused-ring (bicyclic) bond motifs is 1. The second kappa shape index (κ2) is 8.54. The molecular formula is C19H24F2N8O2S. The minimum atomic E-state index is -3.21. The number of nitrogens with zero attached hydrogens (tertiary/aromatic N) is 6. The molecule has 0 amide bonds. The summed E-state index contributed by atoms with van der Waals surface area (Å²) in [7, 11) is -1.43. The van der Waals surface area contributed by atoms with Crippen molar-refractivity contribution in [2.45, 2.75) is 32.2 Å². The predicted octanol–water partition coefficient (Wildman–Crippen LogP) is 2.58. The van der Waals surface area contributed by atoms with Crippen molar-refractivity contribution in [1.29, 1.82) is 0 Å². The first kappa shape index (κ1) is 22.3. The zero-order valence-corrected chi connectivity index (χ0v) is 18.7. The van der Waals surface area contributed by atoms with E-state index in [0.29, 0.717) is 48.6 Å². The van der Waals surface area contributed by atoms with Gasteiger partial charge in [-0.3, -0.25) is 4.68 Å². The predicted molar refractivity (Wildman–Crippen MR) is 117 cm³/mol. The SMILES string of the molecule is Cc1cc(Nc2nc(C(F)F)cc3cnc(NC4CCN(S(C)(=O)=O)CC4)nc23)nn1C. The van der Waals surface area contributed by atoms with Gasteiger partial charge in [-0.15, -0.1) is 0 Å². The summed E-state index contributed by atoms with van der Waals surface area (Å²) >= 11 is 0. The molecule has 32 heavy (non-hydrogen) atoms. The van der Waals surface area contributed by atoms with Gasteiger partial charge in [0.25, 0.3) is 6.43 Å². The summed E-state index contributed by atoms with van der Waals surface area (Å²) in [6, 6.07) is 3.04. The molecule has 0 saturated carbocycles. The average molecular weight is 467 g/mol. The maximum atomic E-state index is 13.4. The van der Waals surface area contributed by atoms with E-state index in [0.717, 1.165) is 5.69 Å². The maximum absolute atomic E-state index is 13.4. The second-order valence-corrected chi connectivity index (χ2v) is 9.81. The van der Waals surface area contributed by atoms with Crippen molar-refractivity contribution in [2.24, 2.45) is 7.05 Å². The Morgan fingerprint density at radius 1 is 1.19 bits per heavy atom.